The van der Waals surface area contributed by atoms with E-state index in [2.05, 4.69) is 17.5 Å². The zero-order chi connectivity index (χ0) is 9.30. The lowest BCUT2D eigenvalue weighted by molar-refractivity contribution is -0.137. The first kappa shape index (κ1) is 8.92. The summed E-state index contributed by atoms with van der Waals surface area (Å²) in [5.41, 5.74) is 5.16. The summed E-state index contributed by atoms with van der Waals surface area (Å²) in [5.74, 6) is -0.499. The second-order valence-corrected chi connectivity index (χ2v) is 3.00. The van der Waals surface area contributed by atoms with Crippen LogP contribution in [-0.4, -0.2) is 34.9 Å². The van der Waals surface area contributed by atoms with Crippen molar-refractivity contribution in [1.29, 1.82) is 0 Å². The molecule has 1 aliphatic rings. The van der Waals surface area contributed by atoms with Crippen LogP contribution >= 0.6 is 12.2 Å². The van der Waals surface area contributed by atoms with Gasteiger partial charge in [-0.3, -0.25) is 14.5 Å². The molecule has 0 saturated carbocycles. The van der Waals surface area contributed by atoms with Gasteiger partial charge in [0.15, 0.2) is 5.11 Å². The van der Waals surface area contributed by atoms with Crippen molar-refractivity contribution in [2.75, 3.05) is 7.05 Å². The summed E-state index contributed by atoms with van der Waals surface area (Å²) < 4.78 is 0. The molecular weight excluding hydrogens is 178 g/mol. The Hall–Kier alpha value is -1.17. The molecular formula is C6H9N3O2S. The average molecular weight is 187 g/mol. The third-order valence-corrected chi connectivity index (χ3v) is 1.82. The lowest BCUT2D eigenvalue weighted by Crippen LogP contribution is -2.43. The molecule has 0 radical (unpaired) electrons. The molecule has 0 aliphatic carbocycles. The van der Waals surface area contributed by atoms with Crippen LogP contribution in [0.4, 0.5) is 0 Å². The van der Waals surface area contributed by atoms with E-state index in [1.165, 1.54) is 7.05 Å². The van der Waals surface area contributed by atoms with Gasteiger partial charge in [-0.15, -0.1) is 0 Å². The van der Waals surface area contributed by atoms with Crippen molar-refractivity contribution in [3.63, 3.8) is 0 Å². The summed E-state index contributed by atoms with van der Waals surface area (Å²) in [4.78, 5) is 23.2. The molecule has 1 rings (SSSR count). The van der Waals surface area contributed by atoms with Crippen LogP contribution in [0.3, 0.4) is 0 Å². The van der Waals surface area contributed by atoms with Crippen molar-refractivity contribution < 1.29 is 9.59 Å². The number of nitrogens with one attached hydrogen (secondary N) is 1. The average Bonchev–Trinajstić information content (AvgIpc) is 2.17. The first-order chi connectivity index (χ1) is 5.52. The van der Waals surface area contributed by atoms with Crippen LogP contribution in [0.5, 0.6) is 0 Å². The highest BCUT2D eigenvalue weighted by Crippen LogP contribution is 2.09. The van der Waals surface area contributed by atoms with E-state index in [4.69, 9.17) is 5.73 Å². The number of hydrogen-bond acceptors (Lipinski definition) is 3. The Morgan fingerprint density at radius 2 is 2.33 bits per heavy atom. The smallest absolute Gasteiger partial charge is 0.251 e. The van der Waals surface area contributed by atoms with Crippen LogP contribution in [0.25, 0.3) is 0 Å². The quantitative estimate of drug-likeness (QED) is 0.389. The number of hydrogen-bond donors (Lipinski definition) is 2. The van der Waals surface area contributed by atoms with Gasteiger partial charge in [0.25, 0.3) is 5.91 Å². The summed E-state index contributed by atoms with van der Waals surface area (Å²) >= 11 is 4.55. The number of carbonyl (C=O) groups is 2. The van der Waals surface area contributed by atoms with Crippen LogP contribution in [0.2, 0.25) is 0 Å². The van der Waals surface area contributed by atoms with E-state index in [-0.39, 0.29) is 23.3 Å². The van der Waals surface area contributed by atoms with E-state index in [1.54, 1.807) is 0 Å². The highest BCUT2D eigenvalue weighted by atomic mass is 32.1. The molecule has 5 nitrogen and oxygen atoms in total. The first-order valence-corrected chi connectivity index (χ1v) is 3.79. The maximum absolute atomic E-state index is 11.2. The molecule has 1 saturated heterocycles. The van der Waals surface area contributed by atoms with Gasteiger partial charge in [-0.25, -0.2) is 0 Å². The minimum atomic E-state index is -0.569. The summed E-state index contributed by atoms with van der Waals surface area (Å²) in [5, 5.41) is 2.59. The summed E-state index contributed by atoms with van der Waals surface area (Å²) in [7, 11) is 1.44. The second-order valence-electron chi connectivity index (χ2n) is 2.56. The van der Waals surface area contributed by atoms with E-state index in [9.17, 15) is 9.59 Å². The molecule has 0 aromatic rings. The highest BCUT2D eigenvalue weighted by molar-refractivity contribution is 7.80. The van der Waals surface area contributed by atoms with Crippen molar-refractivity contribution in [3.8, 4) is 0 Å². The Balaban J connectivity index is 2.65. The Morgan fingerprint density at radius 3 is 2.67 bits per heavy atom. The molecule has 2 amide bonds. The third-order valence-electron chi connectivity index (χ3n) is 1.70. The minimum absolute atomic E-state index is 0.0384. The summed E-state index contributed by atoms with van der Waals surface area (Å²) in [6.07, 6.45) is 0.132. The maximum atomic E-state index is 11.2. The normalized spacial score (nSPS) is 23.1. The molecule has 1 heterocycles. The number of nitrogens with zero attached hydrogens (tertiary/aromatic N) is 1. The number of likely N-dealkylation sites (tertiary alicyclic amines) is 1. The van der Waals surface area contributed by atoms with Gasteiger partial charge >= 0.3 is 0 Å². The zero-order valence-corrected chi connectivity index (χ0v) is 7.35. The molecule has 66 valence electrons. The molecule has 0 spiro atoms. The fourth-order valence-electron chi connectivity index (χ4n) is 1.04. The number of imide groups is 1. The van der Waals surface area contributed by atoms with Gasteiger partial charge in [0.05, 0.1) is 6.42 Å². The van der Waals surface area contributed by atoms with E-state index < -0.39 is 6.04 Å². The zero-order valence-electron chi connectivity index (χ0n) is 6.53. The molecule has 0 aromatic carbocycles. The molecule has 1 unspecified atom stereocenters. The number of likely N-dealkylation sites (N-methyl/N-ethyl adjacent to an activating group) is 1. The van der Waals surface area contributed by atoms with Gasteiger partial charge < -0.3 is 11.1 Å². The van der Waals surface area contributed by atoms with Crippen LogP contribution in [0, 0.1) is 0 Å². The Labute approximate surface area is 74.9 Å². The van der Waals surface area contributed by atoms with Gasteiger partial charge in [-0.1, -0.05) is 0 Å². The van der Waals surface area contributed by atoms with Gasteiger partial charge in [0.2, 0.25) is 5.91 Å². The van der Waals surface area contributed by atoms with Crippen molar-refractivity contribution in [2.45, 2.75) is 12.5 Å². The fraction of sp³-hybridized carbons (Fsp3) is 0.500. The lowest BCUT2D eigenvalue weighted by Gasteiger charge is -2.09. The number of amides is 2. The number of rotatable bonds is 1. The third kappa shape index (κ3) is 1.53. The molecule has 12 heavy (non-hydrogen) atoms. The molecule has 0 aromatic heterocycles. The topological polar surface area (TPSA) is 75.4 Å². The van der Waals surface area contributed by atoms with Crippen molar-refractivity contribution in [3.05, 3.63) is 0 Å². The molecule has 1 aliphatic heterocycles. The van der Waals surface area contributed by atoms with E-state index >= 15 is 0 Å². The molecule has 3 N–H and O–H groups in total. The number of nitrogens with two attached hydrogens (primary N) is 1. The highest BCUT2D eigenvalue weighted by Gasteiger charge is 2.35. The predicted molar refractivity (Wildman–Crippen MR) is 46.1 cm³/mol. The summed E-state index contributed by atoms with van der Waals surface area (Å²) in [6.45, 7) is 0. The first-order valence-electron chi connectivity index (χ1n) is 3.38. The second kappa shape index (κ2) is 3.06. The van der Waals surface area contributed by atoms with Crippen molar-refractivity contribution in [1.82, 2.24) is 10.2 Å². The van der Waals surface area contributed by atoms with Crippen LogP contribution in [-0.2, 0) is 9.59 Å². The van der Waals surface area contributed by atoms with Gasteiger partial charge in [0, 0.05) is 7.05 Å². The van der Waals surface area contributed by atoms with Crippen LogP contribution in [0.15, 0.2) is 0 Å². The monoisotopic (exact) mass is 187 g/mol. The van der Waals surface area contributed by atoms with E-state index in [1.807, 2.05) is 0 Å². The molecule has 1 atom stereocenters. The Kier molecular flexibility index (Phi) is 2.27. The molecule has 6 heteroatoms. The predicted octanol–water partition coefficient (Wildman–Crippen LogP) is -1.42. The van der Waals surface area contributed by atoms with E-state index in [0.717, 1.165) is 4.90 Å². The Morgan fingerprint density at radius 1 is 1.75 bits per heavy atom. The van der Waals surface area contributed by atoms with Gasteiger partial charge in [-0.2, -0.15) is 0 Å². The van der Waals surface area contributed by atoms with Gasteiger partial charge in [0.1, 0.15) is 6.04 Å². The Bertz CT molecular complexity index is 251. The number of carbonyl (C=O) groups excluding carboxylic acids is 2. The molecule has 1 fully saturated rings. The minimum Gasteiger partial charge on any atom is -0.376 e. The summed E-state index contributed by atoms with van der Waals surface area (Å²) in [6, 6.07) is -0.569. The van der Waals surface area contributed by atoms with E-state index in [0.29, 0.717) is 0 Å². The van der Waals surface area contributed by atoms with Gasteiger partial charge in [-0.05, 0) is 12.2 Å². The lowest BCUT2D eigenvalue weighted by atomic mass is 10.2. The largest absolute Gasteiger partial charge is 0.376 e. The van der Waals surface area contributed by atoms with Crippen LogP contribution < -0.4 is 11.1 Å². The maximum Gasteiger partial charge on any atom is 0.251 e. The van der Waals surface area contributed by atoms with Crippen LogP contribution in [0.1, 0.15) is 6.42 Å². The molecule has 0 bridgehead atoms. The standard InChI is InChI=1S/C6H9N3O2S/c1-9-4(10)2-3(5(9)11)8-6(7)12/h3H,2H2,1H3,(H3,7,8,12). The van der Waals surface area contributed by atoms with Crippen molar-refractivity contribution in [2.24, 2.45) is 5.73 Å². The fourth-order valence-corrected chi connectivity index (χ4v) is 1.18. The SMILES string of the molecule is CN1C(=O)CC(NC(N)=S)C1=O. The number of thiocarbonyl (C=S) groups is 1. The van der Waals surface area contributed by atoms with Crippen molar-refractivity contribution >= 4 is 29.1 Å².